The third kappa shape index (κ3) is 3.98. The van der Waals surface area contributed by atoms with Crippen molar-refractivity contribution in [1.82, 2.24) is 9.88 Å². The fourth-order valence-electron chi connectivity index (χ4n) is 2.68. The Balaban J connectivity index is 1.57. The molecule has 30 heavy (non-hydrogen) atoms. The molecule has 0 atom stereocenters. The van der Waals surface area contributed by atoms with Crippen LogP contribution in [0.25, 0.3) is 17.4 Å². The van der Waals surface area contributed by atoms with Gasteiger partial charge in [-0.3, -0.25) is 24.8 Å². The van der Waals surface area contributed by atoms with Crippen molar-refractivity contribution in [3.63, 3.8) is 0 Å². The molecule has 0 unspecified atom stereocenters. The van der Waals surface area contributed by atoms with Gasteiger partial charge in [0.2, 0.25) is 0 Å². The molecule has 1 aromatic carbocycles. The summed E-state index contributed by atoms with van der Waals surface area (Å²) >= 11 is 7.30. The summed E-state index contributed by atoms with van der Waals surface area (Å²) in [4.78, 5) is 33.1. The minimum atomic E-state index is -0.459. The number of hydrogen-bond acceptors (Lipinski definition) is 7. The molecule has 4 rings (SSSR count). The summed E-state index contributed by atoms with van der Waals surface area (Å²) in [6.07, 6.45) is 4.70. The van der Waals surface area contributed by atoms with Gasteiger partial charge in [-0.1, -0.05) is 11.6 Å². The molecular formula is C20H13ClN4O4S. The van der Waals surface area contributed by atoms with Gasteiger partial charge in [-0.2, -0.15) is 0 Å². The minimum absolute atomic E-state index is 0.00440. The Hall–Kier alpha value is -3.43. The topological polar surface area (TPSA) is 102 Å². The van der Waals surface area contributed by atoms with Crippen molar-refractivity contribution in [2.45, 2.75) is 0 Å². The molecule has 1 aliphatic heterocycles. The van der Waals surface area contributed by atoms with Crippen LogP contribution in [0, 0.1) is 10.1 Å². The number of nitro benzene ring substituents is 1. The van der Waals surface area contributed by atoms with E-state index >= 15 is 0 Å². The number of aromatic nitrogens is 1. The first-order chi connectivity index (χ1) is 14.4. The molecule has 1 fully saturated rings. The fourth-order valence-corrected chi connectivity index (χ4v) is 3.80. The fraction of sp³-hybridized carbons (Fsp3) is 0.0500. The number of furan rings is 1. The van der Waals surface area contributed by atoms with Crippen LogP contribution in [0.15, 0.2) is 69.2 Å². The van der Waals surface area contributed by atoms with Crippen LogP contribution in [0.5, 0.6) is 0 Å². The summed E-state index contributed by atoms with van der Waals surface area (Å²) in [6.45, 7) is 0. The summed E-state index contributed by atoms with van der Waals surface area (Å²) in [7, 11) is 1.63. The Morgan fingerprint density at radius 3 is 2.70 bits per heavy atom. The van der Waals surface area contributed by atoms with E-state index in [2.05, 4.69) is 9.98 Å². The largest absolute Gasteiger partial charge is 0.457 e. The van der Waals surface area contributed by atoms with Gasteiger partial charge in [0.05, 0.1) is 20.5 Å². The second kappa shape index (κ2) is 8.13. The number of halogens is 1. The third-order valence-corrected chi connectivity index (χ3v) is 5.58. The van der Waals surface area contributed by atoms with Crippen LogP contribution in [-0.4, -0.2) is 32.9 Å². The lowest BCUT2D eigenvalue weighted by Crippen LogP contribution is -2.23. The number of amides is 1. The molecule has 0 bridgehead atoms. The van der Waals surface area contributed by atoms with Crippen molar-refractivity contribution >= 4 is 51.9 Å². The first-order valence-corrected chi connectivity index (χ1v) is 9.82. The molecule has 1 amide bonds. The zero-order chi connectivity index (χ0) is 21.3. The normalized spacial score (nSPS) is 16.6. The molecule has 8 nitrogen and oxygen atoms in total. The molecule has 0 saturated carbocycles. The monoisotopic (exact) mass is 440 g/mol. The average molecular weight is 441 g/mol. The van der Waals surface area contributed by atoms with Crippen molar-refractivity contribution in [2.24, 2.45) is 4.99 Å². The van der Waals surface area contributed by atoms with Crippen molar-refractivity contribution in [1.29, 1.82) is 0 Å². The van der Waals surface area contributed by atoms with Gasteiger partial charge in [-0.25, -0.2) is 4.99 Å². The number of hydrogen-bond donors (Lipinski definition) is 0. The van der Waals surface area contributed by atoms with Crippen LogP contribution in [0.2, 0.25) is 5.02 Å². The van der Waals surface area contributed by atoms with E-state index in [0.29, 0.717) is 37.9 Å². The maximum Gasteiger partial charge on any atom is 0.269 e. The van der Waals surface area contributed by atoms with Crippen molar-refractivity contribution < 1.29 is 14.1 Å². The van der Waals surface area contributed by atoms with Gasteiger partial charge < -0.3 is 4.42 Å². The Bertz CT molecular complexity index is 1200. The summed E-state index contributed by atoms with van der Waals surface area (Å²) in [6, 6.07) is 11.2. The number of non-ortho nitro benzene ring substituents is 1. The number of aliphatic imine (C=N–C) groups is 1. The van der Waals surface area contributed by atoms with Gasteiger partial charge in [-0.05, 0) is 42.1 Å². The Labute approximate surface area is 180 Å². The lowest BCUT2D eigenvalue weighted by atomic mass is 10.1. The summed E-state index contributed by atoms with van der Waals surface area (Å²) < 4.78 is 5.79. The molecule has 0 N–H and O–H groups in total. The van der Waals surface area contributed by atoms with E-state index in [1.54, 1.807) is 49.7 Å². The summed E-state index contributed by atoms with van der Waals surface area (Å²) in [5, 5.41) is 11.7. The number of nitro groups is 1. The van der Waals surface area contributed by atoms with Crippen molar-refractivity contribution in [3.05, 3.63) is 80.7 Å². The number of pyridine rings is 1. The molecular weight excluding hydrogens is 428 g/mol. The average Bonchev–Trinajstić information content (AvgIpc) is 3.31. The number of rotatable bonds is 4. The van der Waals surface area contributed by atoms with Crippen LogP contribution in [0.1, 0.15) is 5.76 Å². The van der Waals surface area contributed by atoms with Crippen LogP contribution >= 0.6 is 23.4 Å². The molecule has 0 radical (unpaired) electrons. The number of likely N-dealkylation sites (N-methyl/N-ethyl adjacent to an activating group) is 1. The number of nitrogens with zero attached hydrogens (tertiary/aromatic N) is 4. The number of amidine groups is 1. The third-order valence-electron chi connectivity index (χ3n) is 4.23. The van der Waals surface area contributed by atoms with Gasteiger partial charge in [-0.15, -0.1) is 0 Å². The van der Waals surface area contributed by atoms with E-state index in [1.165, 1.54) is 35.0 Å². The smallest absolute Gasteiger partial charge is 0.269 e. The van der Waals surface area contributed by atoms with E-state index in [9.17, 15) is 14.9 Å². The van der Waals surface area contributed by atoms with E-state index in [1.807, 2.05) is 0 Å². The molecule has 1 aliphatic rings. The van der Waals surface area contributed by atoms with E-state index in [-0.39, 0.29) is 11.6 Å². The lowest BCUT2D eigenvalue weighted by Gasteiger charge is -2.07. The second-order valence-electron chi connectivity index (χ2n) is 6.20. The Kier molecular flexibility index (Phi) is 5.39. The van der Waals surface area contributed by atoms with Gasteiger partial charge >= 0.3 is 0 Å². The van der Waals surface area contributed by atoms with E-state index in [0.717, 1.165) is 0 Å². The number of carbonyl (C=O) groups is 1. The van der Waals surface area contributed by atoms with E-state index < -0.39 is 4.92 Å². The molecule has 150 valence electrons. The molecule has 3 heterocycles. The molecule has 3 aromatic rings. The first kappa shape index (κ1) is 19.9. The highest BCUT2D eigenvalue weighted by Gasteiger charge is 2.31. The highest BCUT2D eigenvalue weighted by Crippen LogP contribution is 2.35. The maximum atomic E-state index is 12.6. The quantitative estimate of drug-likeness (QED) is 0.316. The van der Waals surface area contributed by atoms with Crippen molar-refractivity contribution in [3.8, 4) is 11.3 Å². The second-order valence-corrected chi connectivity index (χ2v) is 7.62. The summed E-state index contributed by atoms with van der Waals surface area (Å²) in [5.74, 6) is 0.811. The van der Waals surface area contributed by atoms with Gasteiger partial charge in [0.25, 0.3) is 11.6 Å². The van der Waals surface area contributed by atoms with Crippen LogP contribution in [0.4, 0.5) is 11.4 Å². The molecule has 1 saturated heterocycles. The number of thioether (sulfide) groups is 1. The van der Waals surface area contributed by atoms with Gasteiger partial charge in [0.1, 0.15) is 11.5 Å². The van der Waals surface area contributed by atoms with Crippen molar-refractivity contribution in [2.75, 3.05) is 7.05 Å². The molecule has 2 aromatic heterocycles. The Morgan fingerprint density at radius 1 is 1.23 bits per heavy atom. The SMILES string of the molecule is CN1C(=O)/C(=C\c2ccc(-c3ccc([N+](=O)[O-])cc3)o2)SC1=Nc1ccncc1Cl. The zero-order valence-electron chi connectivity index (χ0n) is 15.5. The molecule has 0 spiro atoms. The lowest BCUT2D eigenvalue weighted by molar-refractivity contribution is -0.384. The predicted octanol–water partition coefficient (Wildman–Crippen LogP) is 5.14. The molecule has 10 heteroatoms. The maximum absolute atomic E-state index is 12.6. The van der Waals surface area contributed by atoms with Crippen LogP contribution in [0.3, 0.4) is 0 Å². The predicted molar refractivity (Wildman–Crippen MR) is 115 cm³/mol. The van der Waals surface area contributed by atoms with Gasteiger partial charge in [0, 0.05) is 43.2 Å². The summed E-state index contributed by atoms with van der Waals surface area (Å²) in [5.41, 5.74) is 1.22. The van der Waals surface area contributed by atoms with Crippen LogP contribution in [-0.2, 0) is 4.79 Å². The van der Waals surface area contributed by atoms with Gasteiger partial charge in [0.15, 0.2) is 5.17 Å². The highest BCUT2D eigenvalue weighted by molar-refractivity contribution is 8.18. The number of carbonyl (C=O) groups excluding carboxylic acids is 1. The van der Waals surface area contributed by atoms with Crippen LogP contribution < -0.4 is 0 Å². The minimum Gasteiger partial charge on any atom is -0.457 e. The van der Waals surface area contributed by atoms with E-state index in [4.69, 9.17) is 16.0 Å². The standard InChI is InChI=1S/C20H13ClN4O4S/c1-24-19(26)18(30-20(24)23-16-8-9-22-11-15(16)21)10-14-6-7-17(29-14)12-2-4-13(5-3-12)25(27)28/h2-11H,1H3/b18-10+,23-20?. The number of benzene rings is 1. The first-order valence-electron chi connectivity index (χ1n) is 8.63. The zero-order valence-corrected chi connectivity index (χ0v) is 17.1. The molecule has 0 aliphatic carbocycles. The highest BCUT2D eigenvalue weighted by atomic mass is 35.5. The Morgan fingerprint density at radius 2 is 2.00 bits per heavy atom.